The summed E-state index contributed by atoms with van der Waals surface area (Å²) in [5, 5.41) is 12.5. The van der Waals surface area contributed by atoms with E-state index < -0.39 is 12.0 Å². The third kappa shape index (κ3) is 7.63. The van der Waals surface area contributed by atoms with Crippen molar-refractivity contribution in [3.8, 4) is 17.2 Å². The van der Waals surface area contributed by atoms with E-state index >= 15 is 0 Å². The Morgan fingerprint density at radius 2 is 1.80 bits per heavy atom. The van der Waals surface area contributed by atoms with Gasteiger partial charge in [0.25, 0.3) is 0 Å². The number of carbonyl (C=O) groups excluding carboxylic acids is 2. The first-order valence-electron chi connectivity index (χ1n) is 8.91. The Balaban J connectivity index is 2.19. The minimum atomic E-state index is -0.736. The standard InChI is InChI=1S/C20H21I3NO5P/c1-28-20(27)16(24-18(26)5-6-30-2)9-11-7-14(22)19(15(23)8-11)29-12-3-4-17(25)13(21)10-12/h3-4,7-8,10,16,25,30H,5-6,9H2,1-2H3,(H,24,26)/t16-/m0/s1. The minimum Gasteiger partial charge on any atom is -0.507 e. The van der Waals surface area contributed by atoms with Gasteiger partial charge < -0.3 is 19.9 Å². The maximum absolute atomic E-state index is 12.2. The Bertz CT molecular complexity index is 902. The smallest absolute Gasteiger partial charge is 0.328 e. The van der Waals surface area contributed by atoms with E-state index in [-0.39, 0.29) is 11.7 Å². The molecule has 0 aliphatic rings. The summed E-state index contributed by atoms with van der Waals surface area (Å²) in [5.41, 5.74) is 0.893. The van der Waals surface area contributed by atoms with Gasteiger partial charge in [-0.2, -0.15) is 0 Å². The molecule has 2 aromatic rings. The molecule has 2 rings (SSSR count). The van der Waals surface area contributed by atoms with Crippen LogP contribution in [0.4, 0.5) is 0 Å². The second-order valence-electron chi connectivity index (χ2n) is 6.30. The van der Waals surface area contributed by atoms with E-state index in [1.807, 2.05) is 41.4 Å². The number of halogens is 3. The SMILES string of the molecule is COC(=O)[C@H](Cc1cc(I)c(Oc2ccc(O)c(I)c2)c(I)c1)NC(=O)CCPC. The number of carbonyl (C=O) groups is 2. The highest BCUT2D eigenvalue weighted by atomic mass is 127. The molecule has 2 aromatic carbocycles. The minimum absolute atomic E-state index is 0.147. The molecule has 0 aromatic heterocycles. The highest BCUT2D eigenvalue weighted by Crippen LogP contribution is 2.35. The van der Waals surface area contributed by atoms with Crippen LogP contribution in [0.25, 0.3) is 0 Å². The zero-order valence-electron chi connectivity index (χ0n) is 16.3. The van der Waals surface area contributed by atoms with Gasteiger partial charge in [-0.15, -0.1) is 8.58 Å². The van der Waals surface area contributed by atoms with Gasteiger partial charge >= 0.3 is 5.97 Å². The first-order chi connectivity index (χ1) is 14.2. The van der Waals surface area contributed by atoms with Gasteiger partial charge in [-0.25, -0.2) is 4.79 Å². The van der Waals surface area contributed by atoms with Gasteiger partial charge in [-0.3, -0.25) is 4.79 Å². The van der Waals surface area contributed by atoms with Crippen LogP contribution in [0.3, 0.4) is 0 Å². The Morgan fingerprint density at radius 1 is 1.13 bits per heavy atom. The van der Waals surface area contributed by atoms with Crippen LogP contribution >= 0.6 is 76.4 Å². The molecule has 30 heavy (non-hydrogen) atoms. The molecule has 0 saturated heterocycles. The molecule has 1 unspecified atom stereocenters. The van der Waals surface area contributed by atoms with Crippen LogP contribution in [0.2, 0.25) is 0 Å². The Morgan fingerprint density at radius 3 is 2.37 bits per heavy atom. The molecular weight excluding hydrogens is 746 g/mol. The third-order valence-electron chi connectivity index (χ3n) is 4.06. The van der Waals surface area contributed by atoms with Crippen molar-refractivity contribution in [2.45, 2.75) is 18.9 Å². The van der Waals surface area contributed by atoms with Crippen molar-refractivity contribution in [1.82, 2.24) is 5.32 Å². The van der Waals surface area contributed by atoms with Crippen LogP contribution in [0.1, 0.15) is 12.0 Å². The number of amides is 1. The summed E-state index contributed by atoms with van der Waals surface area (Å²) in [6.07, 6.45) is 1.53. The Hall–Kier alpha value is -0.400. The molecule has 0 aliphatic carbocycles. The fourth-order valence-electron chi connectivity index (χ4n) is 2.57. The van der Waals surface area contributed by atoms with Crippen molar-refractivity contribution in [1.29, 1.82) is 0 Å². The highest BCUT2D eigenvalue weighted by Gasteiger charge is 2.23. The number of ether oxygens (including phenoxy) is 2. The van der Waals surface area contributed by atoms with E-state index in [9.17, 15) is 14.7 Å². The molecule has 162 valence electrons. The molecule has 10 heteroatoms. The van der Waals surface area contributed by atoms with Crippen LogP contribution in [0, 0.1) is 10.7 Å². The molecule has 0 spiro atoms. The van der Waals surface area contributed by atoms with E-state index in [1.54, 1.807) is 18.2 Å². The van der Waals surface area contributed by atoms with Crippen molar-refractivity contribution < 1.29 is 24.2 Å². The maximum atomic E-state index is 12.2. The van der Waals surface area contributed by atoms with Gasteiger partial charge in [0.1, 0.15) is 17.5 Å². The summed E-state index contributed by atoms with van der Waals surface area (Å²) in [4.78, 5) is 24.3. The number of hydrogen-bond acceptors (Lipinski definition) is 5. The number of esters is 1. The molecule has 0 saturated carbocycles. The number of phenols is 1. The van der Waals surface area contributed by atoms with E-state index in [0.29, 0.717) is 36.5 Å². The van der Waals surface area contributed by atoms with Crippen LogP contribution in [0.5, 0.6) is 17.2 Å². The first kappa shape index (κ1) is 25.9. The van der Waals surface area contributed by atoms with E-state index in [4.69, 9.17) is 9.47 Å². The molecule has 6 nitrogen and oxygen atoms in total. The summed E-state index contributed by atoms with van der Waals surface area (Å²) in [5.74, 6) is 0.913. The predicted molar refractivity (Wildman–Crippen MR) is 144 cm³/mol. The molecule has 2 atom stereocenters. The number of aromatic hydroxyl groups is 1. The monoisotopic (exact) mass is 767 g/mol. The van der Waals surface area contributed by atoms with Crippen LogP contribution in [0.15, 0.2) is 30.3 Å². The molecule has 0 fully saturated rings. The largest absolute Gasteiger partial charge is 0.507 e. The van der Waals surface area contributed by atoms with Gasteiger partial charge in [-0.1, -0.05) is 0 Å². The lowest BCUT2D eigenvalue weighted by atomic mass is 10.1. The molecule has 0 heterocycles. The number of methoxy groups -OCH3 is 1. The molecule has 2 N–H and O–H groups in total. The molecule has 0 aliphatic heterocycles. The Kier molecular flexibility index (Phi) is 10.9. The van der Waals surface area contributed by atoms with Crippen LogP contribution < -0.4 is 10.1 Å². The highest BCUT2D eigenvalue weighted by molar-refractivity contribution is 14.1. The predicted octanol–water partition coefficient (Wildman–Crippen LogP) is 4.90. The van der Waals surface area contributed by atoms with Crippen molar-refractivity contribution in [3.63, 3.8) is 0 Å². The van der Waals surface area contributed by atoms with E-state index in [2.05, 4.69) is 50.5 Å². The lowest BCUT2D eigenvalue weighted by Crippen LogP contribution is -2.43. The van der Waals surface area contributed by atoms with Crippen LogP contribution in [-0.2, 0) is 20.7 Å². The quantitative estimate of drug-likeness (QED) is 0.216. The van der Waals surface area contributed by atoms with Crippen molar-refractivity contribution in [3.05, 3.63) is 46.6 Å². The molecule has 1 amide bonds. The normalized spacial score (nSPS) is 12.0. The van der Waals surface area contributed by atoms with Crippen molar-refractivity contribution >= 4 is 88.2 Å². The number of phenolic OH excluding ortho intramolecular Hbond substituents is 1. The number of nitrogens with one attached hydrogen (secondary N) is 1. The number of rotatable bonds is 9. The fourth-order valence-corrected chi connectivity index (χ4v) is 5.65. The zero-order valence-corrected chi connectivity index (χ0v) is 23.8. The van der Waals surface area contributed by atoms with E-state index in [1.165, 1.54) is 7.11 Å². The Labute approximate surface area is 218 Å². The molecular formula is C20H21I3NO5P. The topological polar surface area (TPSA) is 84.9 Å². The van der Waals surface area contributed by atoms with Gasteiger partial charge in [0, 0.05) is 12.8 Å². The fraction of sp³-hybridized carbons (Fsp3) is 0.300. The second-order valence-corrected chi connectivity index (χ2v) is 11.0. The zero-order chi connectivity index (χ0) is 22.3. The van der Waals surface area contributed by atoms with Crippen molar-refractivity contribution in [2.75, 3.05) is 19.9 Å². The summed E-state index contributed by atoms with van der Waals surface area (Å²) < 4.78 is 13.3. The number of hydrogen-bond donors (Lipinski definition) is 2. The maximum Gasteiger partial charge on any atom is 0.328 e. The average Bonchev–Trinajstić information content (AvgIpc) is 2.70. The molecule has 0 radical (unpaired) electrons. The lowest BCUT2D eigenvalue weighted by molar-refractivity contribution is -0.145. The van der Waals surface area contributed by atoms with Gasteiger partial charge in [0.15, 0.2) is 5.75 Å². The van der Waals surface area contributed by atoms with Gasteiger partial charge in [0.2, 0.25) is 5.91 Å². The molecule has 0 bridgehead atoms. The summed E-state index contributed by atoms with van der Waals surface area (Å²) in [6, 6.07) is 8.18. The van der Waals surface area contributed by atoms with Gasteiger partial charge in [-0.05, 0) is 116 Å². The first-order valence-corrected chi connectivity index (χ1v) is 13.9. The summed E-state index contributed by atoms with van der Waals surface area (Å²) in [6.45, 7) is 2.04. The lowest BCUT2D eigenvalue weighted by Gasteiger charge is -2.18. The van der Waals surface area contributed by atoms with E-state index in [0.717, 1.165) is 18.9 Å². The second kappa shape index (κ2) is 12.6. The average molecular weight is 767 g/mol. The summed E-state index contributed by atoms with van der Waals surface area (Å²) in [7, 11) is 2.01. The van der Waals surface area contributed by atoms with Gasteiger partial charge in [0.05, 0.1) is 17.8 Å². The third-order valence-corrected chi connectivity index (χ3v) is 7.28. The van der Waals surface area contributed by atoms with Crippen LogP contribution in [-0.4, -0.2) is 43.0 Å². The summed E-state index contributed by atoms with van der Waals surface area (Å²) >= 11 is 6.42. The number of benzene rings is 2. The van der Waals surface area contributed by atoms with Crippen molar-refractivity contribution in [2.24, 2.45) is 0 Å².